The van der Waals surface area contributed by atoms with Crippen LogP contribution in [-0.4, -0.2) is 20.1 Å². The molecule has 104 valence electrons. The Kier molecular flexibility index (Phi) is 3.91. The minimum absolute atomic E-state index is 0.726. The summed E-state index contributed by atoms with van der Waals surface area (Å²) in [5, 5.41) is 3.17. The molecule has 3 rings (SSSR count). The van der Waals surface area contributed by atoms with Crippen LogP contribution >= 0.6 is 0 Å². The van der Waals surface area contributed by atoms with Crippen LogP contribution in [0.1, 0.15) is 24.3 Å². The average Bonchev–Trinajstić information content (AvgIpc) is 2.56. The van der Waals surface area contributed by atoms with E-state index in [4.69, 9.17) is 0 Å². The molecule has 2 nitrogen and oxygen atoms in total. The predicted molar refractivity (Wildman–Crippen MR) is 86.6 cm³/mol. The molecule has 0 amide bonds. The SMILES string of the molecule is CNc1ccc(N2CCC(c3ccccc3)CC2)cc1. The number of nitrogens with one attached hydrogen (secondary N) is 1. The van der Waals surface area contributed by atoms with Gasteiger partial charge in [-0.2, -0.15) is 0 Å². The van der Waals surface area contributed by atoms with Crippen molar-refractivity contribution in [2.24, 2.45) is 0 Å². The lowest BCUT2D eigenvalue weighted by molar-refractivity contribution is 0.505. The molecule has 0 bridgehead atoms. The fraction of sp³-hybridized carbons (Fsp3) is 0.333. The molecule has 1 saturated heterocycles. The summed E-state index contributed by atoms with van der Waals surface area (Å²) in [6, 6.07) is 19.7. The summed E-state index contributed by atoms with van der Waals surface area (Å²) in [4.78, 5) is 2.50. The van der Waals surface area contributed by atoms with Crippen LogP contribution in [0.15, 0.2) is 54.6 Å². The summed E-state index contributed by atoms with van der Waals surface area (Å²) in [6.45, 7) is 2.30. The lowest BCUT2D eigenvalue weighted by Crippen LogP contribution is -2.32. The molecule has 1 N–H and O–H groups in total. The van der Waals surface area contributed by atoms with E-state index in [0.717, 1.165) is 19.0 Å². The summed E-state index contributed by atoms with van der Waals surface area (Å²) >= 11 is 0. The van der Waals surface area contributed by atoms with Crippen LogP contribution in [0.4, 0.5) is 11.4 Å². The molecule has 0 atom stereocenters. The van der Waals surface area contributed by atoms with Gasteiger partial charge in [-0.15, -0.1) is 0 Å². The van der Waals surface area contributed by atoms with Gasteiger partial charge in [-0.25, -0.2) is 0 Å². The molecule has 2 aromatic rings. The highest BCUT2D eigenvalue weighted by Crippen LogP contribution is 2.30. The number of benzene rings is 2. The second-order valence-corrected chi connectivity index (χ2v) is 5.47. The lowest BCUT2D eigenvalue weighted by atomic mass is 9.89. The molecule has 0 aliphatic carbocycles. The fourth-order valence-corrected chi connectivity index (χ4v) is 3.04. The van der Waals surface area contributed by atoms with Crippen LogP contribution in [0.2, 0.25) is 0 Å². The van der Waals surface area contributed by atoms with Crippen LogP contribution in [-0.2, 0) is 0 Å². The molecule has 0 aromatic heterocycles. The van der Waals surface area contributed by atoms with Gasteiger partial charge in [0.15, 0.2) is 0 Å². The van der Waals surface area contributed by atoms with E-state index in [2.05, 4.69) is 64.8 Å². The van der Waals surface area contributed by atoms with Crippen molar-refractivity contribution in [1.29, 1.82) is 0 Å². The fourth-order valence-electron chi connectivity index (χ4n) is 3.04. The largest absolute Gasteiger partial charge is 0.388 e. The molecule has 2 aromatic carbocycles. The molecular formula is C18H22N2. The Morgan fingerprint density at radius 2 is 1.55 bits per heavy atom. The maximum absolute atomic E-state index is 3.17. The summed E-state index contributed by atoms with van der Waals surface area (Å²) in [5.74, 6) is 0.726. The summed E-state index contributed by atoms with van der Waals surface area (Å²) < 4.78 is 0. The van der Waals surface area contributed by atoms with Crippen LogP contribution in [0.3, 0.4) is 0 Å². The summed E-state index contributed by atoms with van der Waals surface area (Å²) in [6.07, 6.45) is 2.50. The Labute approximate surface area is 121 Å². The number of hydrogen-bond donors (Lipinski definition) is 1. The number of rotatable bonds is 3. The first-order valence-corrected chi connectivity index (χ1v) is 7.44. The first-order valence-electron chi connectivity index (χ1n) is 7.44. The Morgan fingerprint density at radius 3 is 2.15 bits per heavy atom. The van der Waals surface area contributed by atoms with E-state index in [1.165, 1.54) is 29.8 Å². The number of anilines is 2. The van der Waals surface area contributed by atoms with Gasteiger partial charge in [0.25, 0.3) is 0 Å². The molecule has 0 radical (unpaired) electrons. The molecule has 1 fully saturated rings. The lowest BCUT2D eigenvalue weighted by Gasteiger charge is -2.34. The maximum Gasteiger partial charge on any atom is 0.0367 e. The zero-order chi connectivity index (χ0) is 13.8. The van der Waals surface area contributed by atoms with Crippen LogP contribution < -0.4 is 10.2 Å². The molecular weight excluding hydrogens is 244 g/mol. The van der Waals surface area contributed by atoms with Crippen molar-refractivity contribution in [2.45, 2.75) is 18.8 Å². The van der Waals surface area contributed by atoms with Gasteiger partial charge in [-0.1, -0.05) is 30.3 Å². The molecule has 2 heteroatoms. The highest BCUT2D eigenvalue weighted by molar-refractivity contribution is 5.55. The third-order valence-corrected chi connectivity index (χ3v) is 4.29. The number of piperidine rings is 1. The van der Waals surface area contributed by atoms with Crippen molar-refractivity contribution < 1.29 is 0 Å². The monoisotopic (exact) mass is 266 g/mol. The predicted octanol–water partition coefficient (Wildman–Crippen LogP) is 4.11. The van der Waals surface area contributed by atoms with Gasteiger partial charge in [0.05, 0.1) is 0 Å². The van der Waals surface area contributed by atoms with Gasteiger partial charge in [0.1, 0.15) is 0 Å². The highest BCUT2D eigenvalue weighted by Gasteiger charge is 2.20. The molecule has 1 aliphatic rings. The molecule has 0 saturated carbocycles. The van der Waals surface area contributed by atoms with E-state index >= 15 is 0 Å². The quantitative estimate of drug-likeness (QED) is 0.899. The highest BCUT2D eigenvalue weighted by atomic mass is 15.1. The maximum atomic E-state index is 3.17. The van der Waals surface area contributed by atoms with Crippen LogP contribution in [0.25, 0.3) is 0 Å². The summed E-state index contributed by atoms with van der Waals surface area (Å²) in [7, 11) is 1.96. The van der Waals surface area contributed by atoms with E-state index in [1.807, 2.05) is 7.05 Å². The van der Waals surface area contributed by atoms with Gasteiger partial charge in [0.2, 0.25) is 0 Å². The van der Waals surface area contributed by atoms with E-state index in [1.54, 1.807) is 0 Å². The van der Waals surface area contributed by atoms with Gasteiger partial charge < -0.3 is 10.2 Å². The van der Waals surface area contributed by atoms with Crippen molar-refractivity contribution in [3.63, 3.8) is 0 Å². The number of nitrogens with zero attached hydrogens (tertiary/aromatic N) is 1. The zero-order valence-corrected chi connectivity index (χ0v) is 12.0. The minimum Gasteiger partial charge on any atom is -0.388 e. The standard InChI is InChI=1S/C18H22N2/c1-19-17-7-9-18(10-8-17)20-13-11-16(12-14-20)15-5-3-2-4-6-15/h2-10,16,19H,11-14H2,1H3. The Bertz CT molecular complexity index is 525. The molecule has 0 spiro atoms. The minimum atomic E-state index is 0.726. The molecule has 1 heterocycles. The summed E-state index contributed by atoms with van der Waals surface area (Å²) in [5.41, 5.74) is 4.01. The van der Waals surface area contributed by atoms with Gasteiger partial charge >= 0.3 is 0 Å². The molecule has 0 unspecified atom stereocenters. The molecule has 20 heavy (non-hydrogen) atoms. The second-order valence-electron chi connectivity index (χ2n) is 5.47. The first-order chi connectivity index (χ1) is 9.86. The topological polar surface area (TPSA) is 15.3 Å². The van der Waals surface area contributed by atoms with Crippen LogP contribution in [0, 0.1) is 0 Å². The van der Waals surface area contributed by atoms with Gasteiger partial charge in [0, 0.05) is 31.5 Å². The van der Waals surface area contributed by atoms with Gasteiger partial charge in [-0.05, 0) is 48.6 Å². The van der Waals surface area contributed by atoms with Crippen molar-refractivity contribution >= 4 is 11.4 Å². The Morgan fingerprint density at radius 1 is 0.900 bits per heavy atom. The normalized spacial score (nSPS) is 16.1. The van der Waals surface area contributed by atoms with E-state index in [0.29, 0.717) is 0 Å². The van der Waals surface area contributed by atoms with Crippen LogP contribution in [0.5, 0.6) is 0 Å². The number of hydrogen-bond acceptors (Lipinski definition) is 2. The van der Waals surface area contributed by atoms with Crippen molar-refractivity contribution in [3.8, 4) is 0 Å². The molecule has 1 aliphatic heterocycles. The first kappa shape index (κ1) is 13.0. The van der Waals surface area contributed by atoms with Crippen molar-refractivity contribution in [3.05, 3.63) is 60.2 Å². The average molecular weight is 266 g/mol. The van der Waals surface area contributed by atoms with Crippen molar-refractivity contribution in [1.82, 2.24) is 0 Å². The third-order valence-electron chi connectivity index (χ3n) is 4.29. The smallest absolute Gasteiger partial charge is 0.0367 e. The zero-order valence-electron chi connectivity index (χ0n) is 12.0. The Hall–Kier alpha value is -1.96. The Balaban J connectivity index is 1.63. The third kappa shape index (κ3) is 2.79. The van der Waals surface area contributed by atoms with E-state index in [9.17, 15) is 0 Å². The van der Waals surface area contributed by atoms with Gasteiger partial charge in [-0.3, -0.25) is 0 Å². The second kappa shape index (κ2) is 6.00. The van der Waals surface area contributed by atoms with E-state index in [-0.39, 0.29) is 0 Å². The van der Waals surface area contributed by atoms with Crippen molar-refractivity contribution in [2.75, 3.05) is 30.4 Å². The van der Waals surface area contributed by atoms with E-state index < -0.39 is 0 Å².